The fourth-order valence-corrected chi connectivity index (χ4v) is 3.65. The molecule has 1 amide bonds. The summed E-state index contributed by atoms with van der Waals surface area (Å²) >= 11 is 12.0. The van der Waals surface area contributed by atoms with Gasteiger partial charge in [-0.2, -0.15) is 13.2 Å². The molecule has 3 rings (SSSR count). The molecule has 2 aromatic carbocycles. The van der Waals surface area contributed by atoms with E-state index in [4.69, 9.17) is 32.8 Å². The summed E-state index contributed by atoms with van der Waals surface area (Å²) in [4.78, 5) is 16.8. The van der Waals surface area contributed by atoms with Crippen LogP contribution in [0.4, 0.5) is 23.7 Å². The average Bonchev–Trinajstić information content (AvgIpc) is 3.07. The lowest BCUT2D eigenvalue weighted by atomic mass is 9.92. The van der Waals surface area contributed by atoms with Gasteiger partial charge in [0.15, 0.2) is 0 Å². The molecule has 1 unspecified atom stereocenters. The van der Waals surface area contributed by atoms with Crippen molar-refractivity contribution in [3.63, 3.8) is 0 Å². The second-order valence-corrected chi connectivity index (χ2v) is 8.08. The number of aryl methyl sites for hydroxylation is 1. The normalized spacial score (nSPS) is 16.5. The molecular formula is C21H19Cl2F3N2O3. The number of hydrogen-bond acceptors (Lipinski definition) is 4. The van der Waals surface area contributed by atoms with Crippen molar-refractivity contribution < 1.29 is 27.5 Å². The number of ether oxygens (including phenoxy) is 1. The largest absolute Gasteiger partial charge is 0.451 e. The van der Waals surface area contributed by atoms with E-state index in [2.05, 4.69) is 10.8 Å². The van der Waals surface area contributed by atoms with Crippen molar-refractivity contribution in [2.75, 3.05) is 5.32 Å². The summed E-state index contributed by atoms with van der Waals surface area (Å²) in [7, 11) is 0. The molecule has 0 saturated heterocycles. The molecule has 5 nitrogen and oxygen atoms in total. The summed E-state index contributed by atoms with van der Waals surface area (Å²) in [5.41, 5.74) is 3.94. The molecule has 0 aromatic heterocycles. The van der Waals surface area contributed by atoms with Crippen LogP contribution in [0.3, 0.4) is 0 Å². The van der Waals surface area contributed by atoms with Crippen LogP contribution in [0, 0.1) is 6.92 Å². The molecule has 1 aliphatic heterocycles. The van der Waals surface area contributed by atoms with E-state index in [9.17, 15) is 18.0 Å². The molecule has 2 aromatic rings. The van der Waals surface area contributed by atoms with Gasteiger partial charge in [-0.3, -0.25) is 5.32 Å². The fraction of sp³-hybridized carbons (Fsp3) is 0.286. The lowest BCUT2D eigenvalue weighted by molar-refractivity contribution is -0.136. The zero-order valence-corrected chi connectivity index (χ0v) is 18.2. The van der Waals surface area contributed by atoms with Gasteiger partial charge in [-0.15, -0.1) is 5.48 Å². The van der Waals surface area contributed by atoms with E-state index in [0.717, 1.165) is 0 Å². The van der Waals surface area contributed by atoms with Gasteiger partial charge < -0.3 is 9.57 Å². The Bertz CT molecular complexity index is 1020. The van der Waals surface area contributed by atoms with Gasteiger partial charge in [-0.05, 0) is 61.7 Å². The van der Waals surface area contributed by atoms with Crippen LogP contribution >= 0.6 is 23.2 Å². The smallest absolute Gasteiger partial charge is 0.447 e. The Hall–Kier alpha value is -2.42. The molecule has 0 bridgehead atoms. The van der Waals surface area contributed by atoms with Crippen molar-refractivity contribution >= 4 is 40.6 Å². The number of halogens is 5. The number of alkyl halides is 3. The quantitative estimate of drug-likeness (QED) is 0.510. The third kappa shape index (κ3) is 5.44. The summed E-state index contributed by atoms with van der Waals surface area (Å²) in [6, 6.07) is 8.07. The minimum Gasteiger partial charge on any atom is -0.447 e. The number of nitrogens with one attached hydrogen (secondary N) is 2. The standard InChI is InChI=1S/C21H19Cl2F3N2O3/c1-10(2)30-20(29)27-16-8-12(5-4-11(16)3)18-17(19(31-28-18)21(24,25)26)13-6-14(22)9-15(23)7-13/h4-10,18,28H,1-3H3,(H,27,29). The van der Waals surface area contributed by atoms with Gasteiger partial charge in [-0.1, -0.05) is 35.3 Å². The molecule has 0 aliphatic carbocycles. The second-order valence-electron chi connectivity index (χ2n) is 7.21. The molecule has 0 fully saturated rings. The Morgan fingerprint density at radius 3 is 2.39 bits per heavy atom. The number of rotatable bonds is 4. The lowest BCUT2D eigenvalue weighted by Crippen LogP contribution is -2.19. The maximum atomic E-state index is 13.7. The first-order valence-electron chi connectivity index (χ1n) is 9.24. The SMILES string of the molecule is Cc1ccc(C2NOC(C(F)(F)F)=C2c2cc(Cl)cc(Cl)c2)cc1NC(=O)OC(C)C. The van der Waals surface area contributed by atoms with E-state index in [0.29, 0.717) is 16.8 Å². The molecule has 0 saturated carbocycles. The van der Waals surface area contributed by atoms with Gasteiger partial charge in [0.2, 0.25) is 5.76 Å². The average molecular weight is 475 g/mol. The number of hydroxylamine groups is 1. The van der Waals surface area contributed by atoms with Gasteiger partial charge in [0.05, 0.1) is 12.1 Å². The van der Waals surface area contributed by atoms with Crippen molar-refractivity contribution in [3.05, 3.63) is 68.9 Å². The van der Waals surface area contributed by atoms with E-state index >= 15 is 0 Å². The zero-order chi connectivity index (χ0) is 22.9. The molecule has 1 aliphatic rings. The predicted octanol–water partition coefficient (Wildman–Crippen LogP) is 6.81. The van der Waals surface area contributed by atoms with Crippen LogP contribution in [0.25, 0.3) is 5.57 Å². The topological polar surface area (TPSA) is 59.6 Å². The Balaban J connectivity index is 2.06. The monoisotopic (exact) mass is 474 g/mol. The maximum Gasteiger partial charge on any atom is 0.451 e. The van der Waals surface area contributed by atoms with Crippen molar-refractivity contribution in [1.82, 2.24) is 5.48 Å². The van der Waals surface area contributed by atoms with Gasteiger partial charge in [0.25, 0.3) is 0 Å². The van der Waals surface area contributed by atoms with Gasteiger partial charge in [0.1, 0.15) is 0 Å². The van der Waals surface area contributed by atoms with Gasteiger partial charge in [0, 0.05) is 21.3 Å². The van der Waals surface area contributed by atoms with E-state index < -0.39 is 24.1 Å². The predicted molar refractivity (Wildman–Crippen MR) is 113 cm³/mol. The summed E-state index contributed by atoms with van der Waals surface area (Å²) in [6.07, 6.45) is -5.75. The minimum atomic E-state index is -4.75. The molecule has 10 heteroatoms. The Morgan fingerprint density at radius 2 is 1.81 bits per heavy atom. The van der Waals surface area contributed by atoms with E-state index in [1.165, 1.54) is 18.2 Å². The highest BCUT2D eigenvalue weighted by Gasteiger charge is 2.46. The number of amides is 1. The Labute approximate surface area is 187 Å². The van der Waals surface area contributed by atoms with Crippen LogP contribution in [-0.2, 0) is 9.57 Å². The number of carbonyl (C=O) groups is 1. The van der Waals surface area contributed by atoms with Crippen LogP contribution in [0.15, 0.2) is 42.2 Å². The van der Waals surface area contributed by atoms with Crippen LogP contribution in [0.1, 0.15) is 36.6 Å². The third-order valence-electron chi connectivity index (χ3n) is 4.42. The first kappa shape index (κ1) is 23.2. The maximum absolute atomic E-state index is 13.7. The van der Waals surface area contributed by atoms with Crippen molar-refractivity contribution in [3.8, 4) is 0 Å². The first-order chi connectivity index (χ1) is 14.5. The minimum absolute atomic E-state index is 0.161. The summed E-state index contributed by atoms with van der Waals surface area (Å²) in [5, 5.41) is 2.98. The molecule has 1 heterocycles. The number of benzene rings is 2. The first-order valence-corrected chi connectivity index (χ1v) is 9.99. The Kier molecular flexibility index (Phi) is 6.73. The van der Waals surface area contributed by atoms with E-state index in [1.54, 1.807) is 39.0 Å². The lowest BCUT2D eigenvalue weighted by Gasteiger charge is -2.17. The van der Waals surface area contributed by atoms with E-state index in [1.807, 2.05) is 0 Å². The molecule has 0 spiro atoms. The van der Waals surface area contributed by atoms with Gasteiger partial charge >= 0.3 is 12.3 Å². The summed E-state index contributed by atoms with van der Waals surface area (Å²) in [5.74, 6) is -1.19. The van der Waals surface area contributed by atoms with Crippen molar-refractivity contribution in [2.45, 2.75) is 39.1 Å². The number of carbonyl (C=O) groups excluding carboxylic acids is 1. The molecular weight excluding hydrogens is 456 g/mol. The van der Waals surface area contributed by atoms with Gasteiger partial charge in [-0.25, -0.2) is 4.79 Å². The highest BCUT2D eigenvalue weighted by atomic mass is 35.5. The van der Waals surface area contributed by atoms with Crippen LogP contribution in [0.2, 0.25) is 10.0 Å². The third-order valence-corrected chi connectivity index (χ3v) is 4.85. The molecule has 1 atom stereocenters. The number of anilines is 1. The van der Waals surface area contributed by atoms with Crippen LogP contribution in [-0.4, -0.2) is 18.4 Å². The molecule has 2 N–H and O–H groups in total. The number of hydrogen-bond donors (Lipinski definition) is 2. The van der Waals surface area contributed by atoms with E-state index in [-0.39, 0.29) is 27.3 Å². The van der Waals surface area contributed by atoms with Crippen molar-refractivity contribution in [2.24, 2.45) is 0 Å². The molecule has 31 heavy (non-hydrogen) atoms. The van der Waals surface area contributed by atoms with Crippen LogP contribution < -0.4 is 10.8 Å². The number of allylic oxidation sites excluding steroid dienone is 1. The van der Waals surface area contributed by atoms with Crippen LogP contribution in [0.5, 0.6) is 0 Å². The molecule has 0 radical (unpaired) electrons. The fourth-order valence-electron chi connectivity index (χ4n) is 3.12. The highest BCUT2D eigenvalue weighted by molar-refractivity contribution is 6.34. The second kappa shape index (κ2) is 8.98. The van der Waals surface area contributed by atoms with Crippen molar-refractivity contribution in [1.29, 1.82) is 0 Å². The highest BCUT2D eigenvalue weighted by Crippen LogP contribution is 2.45. The Morgan fingerprint density at radius 1 is 1.16 bits per heavy atom. The molecule has 166 valence electrons. The zero-order valence-electron chi connectivity index (χ0n) is 16.7. The summed E-state index contributed by atoms with van der Waals surface area (Å²) in [6.45, 7) is 5.16. The summed E-state index contributed by atoms with van der Waals surface area (Å²) < 4.78 is 46.1.